The predicted molar refractivity (Wildman–Crippen MR) is 87.3 cm³/mol. The van der Waals surface area contributed by atoms with Gasteiger partial charge >= 0.3 is 0 Å². The third kappa shape index (κ3) is 3.31. The minimum absolute atomic E-state index is 0.0410. The lowest BCUT2D eigenvalue weighted by molar-refractivity contribution is -0.116. The second-order valence-corrected chi connectivity index (χ2v) is 5.20. The average molecular weight is 293 g/mol. The molecule has 0 aromatic heterocycles. The molecule has 2 nitrogen and oxygen atoms in total. The van der Waals surface area contributed by atoms with Crippen molar-refractivity contribution >= 4 is 22.4 Å². The summed E-state index contributed by atoms with van der Waals surface area (Å²) in [5.41, 5.74) is 1.77. The van der Waals surface area contributed by atoms with Crippen LogP contribution in [-0.4, -0.2) is 5.91 Å². The van der Waals surface area contributed by atoms with Crippen molar-refractivity contribution in [3.63, 3.8) is 0 Å². The molecule has 0 saturated carbocycles. The van der Waals surface area contributed by atoms with E-state index in [2.05, 4.69) is 5.32 Å². The van der Waals surface area contributed by atoms with E-state index in [1.807, 2.05) is 42.5 Å². The number of halogens is 1. The number of anilines is 1. The van der Waals surface area contributed by atoms with E-state index < -0.39 is 0 Å². The minimum atomic E-state index is -0.260. The van der Waals surface area contributed by atoms with Crippen LogP contribution in [0, 0.1) is 5.82 Å². The van der Waals surface area contributed by atoms with Crippen LogP contribution >= 0.6 is 0 Å². The molecule has 1 N–H and O–H groups in total. The summed E-state index contributed by atoms with van der Waals surface area (Å²) in [7, 11) is 0. The topological polar surface area (TPSA) is 29.1 Å². The highest BCUT2D eigenvalue weighted by atomic mass is 19.1. The fourth-order valence-electron chi connectivity index (χ4n) is 2.46. The molecule has 110 valence electrons. The minimum Gasteiger partial charge on any atom is -0.326 e. The molecule has 0 spiro atoms. The Labute approximate surface area is 128 Å². The van der Waals surface area contributed by atoms with Gasteiger partial charge in [-0.3, -0.25) is 4.79 Å². The third-order valence-corrected chi connectivity index (χ3v) is 3.62. The van der Waals surface area contributed by atoms with Gasteiger partial charge in [-0.2, -0.15) is 0 Å². The van der Waals surface area contributed by atoms with E-state index in [1.54, 1.807) is 12.1 Å². The molecule has 0 saturated heterocycles. The summed E-state index contributed by atoms with van der Waals surface area (Å²) < 4.78 is 12.8. The first-order valence-corrected chi connectivity index (χ1v) is 7.24. The van der Waals surface area contributed by atoms with Crippen molar-refractivity contribution < 1.29 is 9.18 Å². The molecule has 3 rings (SSSR count). The number of fused-ring (bicyclic) bond motifs is 1. The number of hydrogen-bond donors (Lipinski definition) is 1. The van der Waals surface area contributed by atoms with Crippen molar-refractivity contribution in [1.82, 2.24) is 0 Å². The number of amides is 1. The summed E-state index contributed by atoms with van der Waals surface area (Å²) in [4.78, 5) is 12.1. The van der Waals surface area contributed by atoms with Gasteiger partial charge in [-0.15, -0.1) is 0 Å². The molecule has 0 radical (unpaired) electrons. The van der Waals surface area contributed by atoms with Gasteiger partial charge in [-0.25, -0.2) is 4.39 Å². The second kappa shape index (κ2) is 6.39. The van der Waals surface area contributed by atoms with E-state index in [0.29, 0.717) is 12.8 Å². The van der Waals surface area contributed by atoms with Crippen LogP contribution in [-0.2, 0) is 11.2 Å². The number of rotatable bonds is 4. The van der Waals surface area contributed by atoms with Gasteiger partial charge < -0.3 is 5.32 Å². The lowest BCUT2D eigenvalue weighted by Gasteiger charge is -2.08. The number of benzene rings is 3. The summed E-state index contributed by atoms with van der Waals surface area (Å²) in [6, 6.07) is 20.0. The molecular formula is C19H16FNO. The van der Waals surface area contributed by atoms with Gasteiger partial charge in [0, 0.05) is 17.5 Å². The predicted octanol–water partition coefficient (Wildman–Crippen LogP) is 4.55. The van der Waals surface area contributed by atoms with E-state index in [-0.39, 0.29) is 11.7 Å². The molecule has 0 aliphatic heterocycles. The Kier molecular flexibility index (Phi) is 4.15. The Balaban J connectivity index is 1.67. The Bertz CT molecular complexity index is 791. The molecular weight excluding hydrogens is 277 g/mol. The maximum absolute atomic E-state index is 12.8. The molecule has 3 aromatic carbocycles. The summed E-state index contributed by atoms with van der Waals surface area (Å²) >= 11 is 0. The molecule has 3 aromatic rings. The fraction of sp³-hybridized carbons (Fsp3) is 0.105. The van der Waals surface area contributed by atoms with Gasteiger partial charge in [0.15, 0.2) is 0 Å². The number of carbonyl (C=O) groups excluding carboxylic acids is 1. The lowest BCUT2D eigenvalue weighted by atomic mass is 10.1. The second-order valence-electron chi connectivity index (χ2n) is 5.20. The molecule has 0 heterocycles. The summed E-state index contributed by atoms with van der Waals surface area (Å²) in [5.74, 6) is -0.301. The van der Waals surface area contributed by atoms with E-state index in [9.17, 15) is 9.18 Å². The molecule has 0 fully saturated rings. The van der Waals surface area contributed by atoms with E-state index in [1.165, 1.54) is 12.1 Å². The highest BCUT2D eigenvalue weighted by Crippen LogP contribution is 2.23. The SMILES string of the molecule is O=C(CCc1ccc(F)cc1)Nc1cccc2ccccc12. The zero-order valence-electron chi connectivity index (χ0n) is 12.1. The molecule has 0 atom stereocenters. The quantitative estimate of drug-likeness (QED) is 0.751. The highest BCUT2D eigenvalue weighted by molar-refractivity contribution is 6.02. The van der Waals surface area contributed by atoms with Gasteiger partial charge in [0.1, 0.15) is 5.82 Å². The first-order chi connectivity index (χ1) is 10.7. The fourth-order valence-corrected chi connectivity index (χ4v) is 2.46. The van der Waals surface area contributed by atoms with Crippen molar-refractivity contribution in [3.05, 3.63) is 78.1 Å². The van der Waals surface area contributed by atoms with Crippen molar-refractivity contribution in [3.8, 4) is 0 Å². The molecule has 3 heteroatoms. The number of hydrogen-bond acceptors (Lipinski definition) is 1. The smallest absolute Gasteiger partial charge is 0.224 e. The van der Waals surface area contributed by atoms with Crippen LogP contribution in [0.4, 0.5) is 10.1 Å². The van der Waals surface area contributed by atoms with Crippen LogP contribution in [0.25, 0.3) is 10.8 Å². The molecule has 1 amide bonds. The summed E-state index contributed by atoms with van der Waals surface area (Å²) in [6.45, 7) is 0. The summed E-state index contributed by atoms with van der Waals surface area (Å²) in [5, 5.41) is 5.08. The van der Waals surface area contributed by atoms with E-state index in [0.717, 1.165) is 22.0 Å². The molecule has 0 aliphatic carbocycles. The molecule has 0 aliphatic rings. The van der Waals surface area contributed by atoms with Gasteiger partial charge in [0.2, 0.25) is 5.91 Å². The monoisotopic (exact) mass is 293 g/mol. The van der Waals surface area contributed by atoms with Crippen molar-refractivity contribution in [2.24, 2.45) is 0 Å². The van der Waals surface area contributed by atoms with Crippen LogP contribution in [0.2, 0.25) is 0 Å². The Morgan fingerprint density at radius 3 is 2.45 bits per heavy atom. The molecule has 22 heavy (non-hydrogen) atoms. The first kappa shape index (κ1) is 14.3. The average Bonchev–Trinajstić information content (AvgIpc) is 2.55. The van der Waals surface area contributed by atoms with E-state index >= 15 is 0 Å². The number of aryl methyl sites for hydroxylation is 1. The Morgan fingerprint density at radius 2 is 1.64 bits per heavy atom. The maximum Gasteiger partial charge on any atom is 0.224 e. The van der Waals surface area contributed by atoms with Gasteiger partial charge in [-0.1, -0.05) is 48.5 Å². The van der Waals surface area contributed by atoms with Crippen molar-refractivity contribution in [1.29, 1.82) is 0 Å². The van der Waals surface area contributed by atoms with Crippen LogP contribution in [0.5, 0.6) is 0 Å². The zero-order valence-corrected chi connectivity index (χ0v) is 12.1. The number of carbonyl (C=O) groups is 1. The van der Waals surface area contributed by atoms with Gasteiger partial charge in [0.05, 0.1) is 0 Å². The van der Waals surface area contributed by atoms with E-state index in [4.69, 9.17) is 0 Å². The summed E-state index contributed by atoms with van der Waals surface area (Å²) in [6.07, 6.45) is 0.964. The number of nitrogens with one attached hydrogen (secondary N) is 1. The largest absolute Gasteiger partial charge is 0.326 e. The lowest BCUT2D eigenvalue weighted by Crippen LogP contribution is -2.12. The Hall–Kier alpha value is -2.68. The van der Waals surface area contributed by atoms with Crippen LogP contribution in [0.1, 0.15) is 12.0 Å². The molecule has 0 bridgehead atoms. The zero-order chi connectivity index (χ0) is 15.4. The standard InChI is InChI=1S/C19H16FNO/c20-16-11-8-14(9-12-16)10-13-19(22)21-18-7-3-5-15-4-1-2-6-17(15)18/h1-9,11-12H,10,13H2,(H,21,22). The van der Waals surface area contributed by atoms with Crippen molar-refractivity contribution in [2.75, 3.05) is 5.32 Å². The van der Waals surface area contributed by atoms with Gasteiger partial charge in [-0.05, 0) is 35.6 Å². The third-order valence-electron chi connectivity index (χ3n) is 3.62. The Morgan fingerprint density at radius 1 is 0.909 bits per heavy atom. The van der Waals surface area contributed by atoms with Crippen LogP contribution in [0.3, 0.4) is 0 Å². The van der Waals surface area contributed by atoms with Crippen molar-refractivity contribution in [2.45, 2.75) is 12.8 Å². The molecule has 0 unspecified atom stereocenters. The normalized spacial score (nSPS) is 10.6. The highest BCUT2D eigenvalue weighted by Gasteiger charge is 2.06. The van der Waals surface area contributed by atoms with Gasteiger partial charge in [0.25, 0.3) is 0 Å². The maximum atomic E-state index is 12.8. The van der Waals surface area contributed by atoms with Crippen LogP contribution < -0.4 is 5.32 Å². The van der Waals surface area contributed by atoms with Crippen LogP contribution in [0.15, 0.2) is 66.7 Å². The first-order valence-electron chi connectivity index (χ1n) is 7.24.